The maximum Gasteiger partial charge on any atom is 0.337 e. The van der Waals surface area contributed by atoms with Gasteiger partial charge in [0.25, 0.3) is 11.8 Å². The lowest BCUT2D eigenvalue weighted by atomic mass is 9.96. The summed E-state index contributed by atoms with van der Waals surface area (Å²) in [6.07, 6.45) is 13.1. The van der Waals surface area contributed by atoms with E-state index in [1.54, 1.807) is 29.6 Å². The molecule has 5 aromatic rings. The zero-order valence-corrected chi connectivity index (χ0v) is 45.7. The SMILES string of the molecule is C1COC1.CC.CNC.Cn1cnnc1Cc1cccc(-n2cc3c(C(C)(F)F)cc(CN4CCC(OCCN5CCC(CN6CCN(c7ccc8c(c7)CN(C(C=O)CCC=O)C8=O)CC6)CC5)CC4)cn3c2=O)c1. The number of aromatic nitrogens is 5. The number of rotatable bonds is 18. The molecule has 17 nitrogen and oxygen atoms in total. The molecule has 10 rings (SSSR count). The number of aldehydes is 2. The van der Waals surface area contributed by atoms with E-state index >= 15 is 8.78 Å². The van der Waals surface area contributed by atoms with E-state index in [-0.39, 0.29) is 29.5 Å². The zero-order chi connectivity index (χ0) is 54.2. The first kappa shape index (κ1) is 58.0. The molecule has 4 saturated heterocycles. The Morgan fingerprint density at radius 1 is 0.868 bits per heavy atom. The number of halogens is 2. The second-order valence-electron chi connectivity index (χ2n) is 20.5. The number of carbonyl (C=O) groups is 3. The second kappa shape index (κ2) is 28.1. The highest BCUT2D eigenvalue weighted by Gasteiger charge is 2.34. The van der Waals surface area contributed by atoms with Crippen LogP contribution in [0.15, 0.2) is 72.0 Å². The van der Waals surface area contributed by atoms with Crippen molar-refractivity contribution >= 4 is 29.7 Å². The molecule has 3 aromatic heterocycles. The van der Waals surface area contributed by atoms with Gasteiger partial charge in [-0.1, -0.05) is 26.0 Å². The van der Waals surface area contributed by atoms with E-state index in [9.17, 15) is 19.2 Å². The third kappa shape index (κ3) is 15.1. The van der Waals surface area contributed by atoms with E-state index in [1.807, 2.05) is 69.9 Å². The first-order valence-electron chi connectivity index (χ1n) is 27.5. The minimum Gasteiger partial charge on any atom is -0.381 e. The Bertz CT molecular complexity index is 2690. The average Bonchev–Trinajstić information content (AvgIpc) is 4.10. The highest BCUT2D eigenvalue weighted by molar-refractivity contribution is 6.00. The Morgan fingerprint density at radius 2 is 1.57 bits per heavy atom. The van der Waals surface area contributed by atoms with E-state index in [0.717, 1.165) is 134 Å². The maximum atomic E-state index is 15.2. The molecule has 1 atom stereocenters. The average molecular weight is 1050 g/mol. The van der Waals surface area contributed by atoms with Crippen LogP contribution in [-0.2, 0) is 51.5 Å². The summed E-state index contributed by atoms with van der Waals surface area (Å²) in [5.74, 6) is -1.84. The number of ether oxygens (including phenoxy) is 2. The molecular formula is C57H81F2N11O6. The summed E-state index contributed by atoms with van der Waals surface area (Å²) in [6.45, 7) is 18.0. The molecule has 0 spiro atoms. The van der Waals surface area contributed by atoms with Crippen LogP contribution < -0.4 is 15.9 Å². The van der Waals surface area contributed by atoms with E-state index in [2.05, 4.69) is 41.2 Å². The van der Waals surface area contributed by atoms with Gasteiger partial charge in [0, 0.05) is 135 Å². The number of anilines is 1. The fourth-order valence-electron chi connectivity index (χ4n) is 10.6. The van der Waals surface area contributed by atoms with Gasteiger partial charge in [0.1, 0.15) is 24.7 Å². The van der Waals surface area contributed by atoms with Crippen molar-refractivity contribution in [1.29, 1.82) is 0 Å². The largest absolute Gasteiger partial charge is 0.381 e. The molecule has 8 heterocycles. The molecule has 1 amide bonds. The van der Waals surface area contributed by atoms with Crippen LogP contribution >= 0.6 is 0 Å². The summed E-state index contributed by atoms with van der Waals surface area (Å²) in [5.41, 5.74) is 4.52. The highest BCUT2D eigenvalue weighted by Crippen LogP contribution is 2.33. The predicted molar refractivity (Wildman–Crippen MR) is 292 cm³/mol. The number of hydrogen-bond acceptors (Lipinski definition) is 13. The lowest BCUT2D eigenvalue weighted by Gasteiger charge is -2.39. The van der Waals surface area contributed by atoms with Crippen LogP contribution in [0.2, 0.25) is 0 Å². The fraction of sp³-hybridized carbons (Fsp3) is 0.579. The molecule has 76 heavy (non-hydrogen) atoms. The minimum atomic E-state index is -3.15. The lowest BCUT2D eigenvalue weighted by Crippen LogP contribution is -2.49. The van der Waals surface area contributed by atoms with Crippen LogP contribution in [0.25, 0.3) is 11.2 Å². The summed E-state index contributed by atoms with van der Waals surface area (Å²) < 4.78 is 46.1. The van der Waals surface area contributed by atoms with Crippen LogP contribution in [0.4, 0.5) is 14.5 Å². The summed E-state index contributed by atoms with van der Waals surface area (Å²) in [5, 5.41) is 10.9. The molecule has 0 bridgehead atoms. The van der Waals surface area contributed by atoms with Crippen molar-refractivity contribution in [2.75, 3.05) is 104 Å². The quantitative estimate of drug-likeness (QED) is 0.0991. The van der Waals surface area contributed by atoms with Crippen molar-refractivity contribution in [1.82, 2.24) is 48.6 Å². The molecule has 1 unspecified atom stereocenters. The number of nitrogens with one attached hydrogen (secondary N) is 1. The number of aryl methyl sites for hydroxylation is 1. The van der Waals surface area contributed by atoms with Crippen molar-refractivity contribution in [3.05, 3.63) is 111 Å². The van der Waals surface area contributed by atoms with Gasteiger partial charge in [-0.3, -0.25) is 23.6 Å². The Morgan fingerprint density at radius 3 is 2.20 bits per heavy atom. The Balaban J connectivity index is 0.000000864. The number of imidazole rings is 1. The van der Waals surface area contributed by atoms with Crippen LogP contribution in [0.1, 0.15) is 104 Å². The number of piperazine rings is 1. The van der Waals surface area contributed by atoms with Crippen molar-refractivity contribution in [3.8, 4) is 5.69 Å². The van der Waals surface area contributed by atoms with Crippen molar-refractivity contribution < 1.29 is 32.6 Å². The van der Waals surface area contributed by atoms with Gasteiger partial charge in [-0.25, -0.2) is 13.6 Å². The molecule has 4 fully saturated rings. The molecule has 1 N–H and O–H groups in total. The number of likely N-dealkylation sites (tertiary alicyclic amines) is 2. The van der Waals surface area contributed by atoms with Gasteiger partial charge in [0.05, 0.1) is 30.0 Å². The maximum absolute atomic E-state index is 15.2. The summed E-state index contributed by atoms with van der Waals surface area (Å²) in [4.78, 5) is 60.7. The van der Waals surface area contributed by atoms with Crippen LogP contribution in [0.5, 0.6) is 0 Å². The van der Waals surface area contributed by atoms with Gasteiger partial charge in [-0.15, -0.1) is 10.2 Å². The highest BCUT2D eigenvalue weighted by atomic mass is 19.3. The summed E-state index contributed by atoms with van der Waals surface area (Å²) in [6, 6.07) is 14.5. The van der Waals surface area contributed by atoms with Gasteiger partial charge in [-0.05, 0) is 125 Å². The van der Waals surface area contributed by atoms with Crippen LogP contribution in [0, 0.1) is 5.92 Å². The predicted octanol–water partition coefficient (Wildman–Crippen LogP) is 6.21. The number of pyridine rings is 1. The molecule has 5 aliphatic rings. The standard InChI is InChI=1S/C50H62F2N10O5.C3H6O.C2H7N.C2H6/c1-50(51,52)45-26-38(31-62-46(45)33-61(49(62)66)41-6-3-5-37(25-41)27-47-54-53-35-55(47)2)30-57-16-12-43(13-17-57)67-24-22-56-14-10-36(11-15-56)29-58-18-20-59(21-19-58)40-8-9-44-39(28-40)32-60(48(44)65)42(34-64)7-4-23-63;1-2-4-3-1;1-3-2;1-2/h3,5-6,8-9,23,25-26,28,31,33-36,42-43H,4,7,10-22,24,27,29-30,32H2,1-2H3;1-3H2;3H,1-2H3;1-2H3. The van der Waals surface area contributed by atoms with Crippen LogP contribution in [0.3, 0.4) is 0 Å². The normalized spacial score (nSPS) is 18.2. The third-order valence-electron chi connectivity index (χ3n) is 15.0. The molecule has 5 aliphatic heterocycles. The number of hydrogen-bond donors (Lipinski definition) is 1. The van der Waals surface area contributed by atoms with Crippen LogP contribution in [-0.4, -0.2) is 173 Å². The second-order valence-corrected chi connectivity index (χ2v) is 20.5. The minimum absolute atomic E-state index is 0.137. The Hall–Kier alpha value is -5.70. The lowest BCUT2D eigenvalue weighted by molar-refractivity contribution is -0.112. The van der Waals surface area contributed by atoms with Gasteiger partial charge in [0.2, 0.25) is 0 Å². The number of alkyl halides is 2. The van der Waals surface area contributed by atoms with Crippen molar-refractivity contribution in [3.63, 3.8) is 0 Å². The molecule has 0 radical (unpaired) electrons. The molecule has 0 aliphatic carbocycles. The molecule has 2 aromatic carbocycles. The number of amides is 1. The van der Waals surface area contributed by atoms with Crippen molar-refractivity contribution in [2.24, 2.45) is 13.0 Å². The van der Waals surface area contributed by atoms with Gasteiger partial charge in [-0.2, -0.15) is 0 Å². The monoisotopic (exact) mass is 1050 g/mol. The number of piperidine rings is 2. The van der Waals surface area contributed by atoms with E-state index < -0.39 is 17.7 Å². The first-order chi connectivity index (χ1) is 36.8. The Labute approximate surface area is 447 Å². The molecule has 414 valence electrons. The van der Waals surface area contributed by atoms with Gasteiger partial charge >= 0.3 is 5.69 Å². The fourth-order valence-corrected chi connectivity index (χ4v) is 10.6. The molecule has 0 saturated carbocycles. The Kier molecular flexibility index (Phi) is 21.4. The topological polar surface area (TPSA) is 155 Å². The summed E-state index contributed by atoms with van der Waals surface area (Å²) in [7, 11) is 5.62. The molecule has 19 heteroatoms. The number of nitrogens with zero attached hydrogens (tertiary/aromatic N) is 10. The van der Waals surface area contributed by atoms with Crippen molar-refractivity contribution in [2.45, 2.75) is 103 Å². The summed E-state index contributed by atoms with van der Waals surface area (Å²) >= 11 is 0. The zero-order valence-electron chi connectivity index (χ0n) is 45.7. The van der Waals surface area contributed by atoms with E-state index in [4.69, 9.17) is 9.47 Å². The smallest absolute Gasteiger partial charge is 0.337 e. The first-order valence-corrected chi connectivity index (χ1v) is 27.5. The number of carbonyl (C=O) groups excluding carboxylic acids is 3. The molecular weight excluding hydrogens is 973 g/mol. The number of fused-ring (bicyclic) bond motifs is 2. The number of benzene rings is 2. The van der Waals surface area contributed by atoms with Gasteiger partial charge < -0.3 is 43.6 Å². The third-order valence-corrected chi connectivity index (χ3v) is 15.0. The van der Waals surface area contributed by atoms with E-state index in [1.165, 1.54) is 34.4 Å². The van der Waals surface area contributed by atoms with E-state index in [0.29, 0.717) is 55.3 Å². The van der Waals surface area contributed by atoms with Gasteiger partial charge in [0.15, 0.2) is 0 Å².